The van der Waals surface area contributed by atoms with Crippen LogP contribution in [-0.2, 0) is 6.54 Å². The summed E-state index contributed by atoms with van der Waals surface area (Å²) in [6.45, 7) is 0.612. The van der Waals surface area contributed by atoms with Crippen molar-refractivity contribution in [2.75, 3.05) is 0 Å². The molecule has 3 heterocycles. The third-order valence-electron chi connectivity index (χ3n) is 3.55. The summed E-state index contributed by atoms with van der Waals surface area (Å²) in [5.74, 6) is 0. The maximum Gasteiger partial charge on any atom is 0.113 e. The molecule has 0 N–H and O–H groups in total. The summed E-state index contributed by atoms with van der Waals surface area (Å²) in [4.78, 5) is 8.35. The van der Waals surface area contributed by atoms with Crippen molar-refractivity contribution in [1.82, 2.24) is 29.5 Å². The minimum Gasteiger partial charge on any atom is -0.306 e. The standard InChI is InChI=1S/C17H14N6/c1-2-8-19-15(3-1)11-23-12-17(20-21-23)14-4-6-16(7-5-14)22-10-9-18-13-22/h1-10,12-13H,11H2. The monoisotopic (exact) mass is 302 g/mol. The van der Waals surface area contributed by atoms with E-state index in [9.17, 15) is 0 Å². The van der Waals surface area contributed by atoms with Crippen molar-refractivity contribution < 1.29 is 0 Å². The molecule has 4 aromatic rings. The van der Waals surface area contributed by atoms with Gasteiger partial charge in [-0.1, -0.05) is 23.4 Å². The number of aromatic nitrogens is 6. The third kappa shape index (κ3) is 2.87. The van der Waals surface area contributed by atoms with Crippen LogP contribution in [0.4, 0.5) is 0 Å². The van der Waals surface area contributed by atoms with E-state index in [1.807, 2.05) is 59.4 Å². The molecule has 0 atom stereocenters. The lowest BCUT2D eigenvalue weighted by molar-refractivity contribution is 0.639. The number of hydrogen-bond donors (Lipinski definition) is 0. The van der Waals surface area contributed by atoms with Crippen molar-refractivity contribution in [2.24, 2.45) is 0 Å². The molecule has 112 valence electrons. The van der Waals surface area contributed by atoms with E-state index in [0.29, 0.717) is 6.54 Å². The Morgan fingerprint density at radius 2 is 1.87 bits per heavy atom. The Kier molecular flexibility index (Phi) is 3.40. The number of benzene rings is 1. The highest BCUT2D eigenvalue weighted by Gasteiger charge is 2.05. The van der Waals surface area contributed by atoms with Gasteiger partial charge in [0.1, 0.15) is 5.69 Å². The molecule has 6 heteroatoms. The van der Waals surface area contributed by atoms with Crippen LogP contribution >= 0.6 is 0 Å². The Labute approximate surface area is 133 Å². The minimum absolute atomic E-state index is 0.612. The zero-order chi connectivity index (χ0) is 15.5. The van der Waals surface area contributed by atoms with Gasteiger partial charge in [-0.15, -0.1) is 5.10 Å². The molecule has 0 aliphatic heterocycles. The second-order valence-corrected chi connectivity index (χ2v) is 5.14. The predicted molar refractivity (Wildman–Crippen MR) is 85.9 cm³/mol. The molecule has 0 fully saturated rings. The summed E-state index contributed by atoms with van der Waals surface area (Å²) in [5, 5.41) is 8.41. The highest BCUT2D eigenvalue weighted by Crippen LogP contribution is 2.18. The van der Waals surface area contributed by atoms with Crippen molar-refractivity contribution in [2.45, 2.75) is 6.54 Å². The first-order valence-electron chi connectivity index (χ1n) is 7.27. The van der Waals surface area contributed by atoms with Gasteiger partial charge >= 0.3 is 0 Å². The first-order valence-corrected chi connectivity index (χ1v) is 7.27. The molecular weight excluding hydrogens is 288 g/mol. The Morgan fingerprint density at radius 1 is 0.957 bits per heavy atom. The van der Waals surface area contributed by atoms with Crippen LogP contribution in [0.3, 0.4) is 0 Å². The van der Waals surface area contributed by atoms with Crippen molar-refractivity contribution >= 4 is 0 Å². The number of imidazole rings is 1. The van der Waals surface area contributed by atoms with Crippen LogP contribution in [-0.4, -0.2) is 29.5 Å². The van der Waals surface area contributed by atoms with Crippen molar-refractivity contribution in [3.63, 3.8) is 0 Å². The van der Waals surface area contributed by atoms with Gasteiger partial charge in [0.2, 0.25) is 0 Å². The smallest absolute Gasteiger partial charge is 0.113 e. The Hall–Kier alpha value is -3.28. The fourth-order valence-corrected chi connectivity index (χ4v) is 2.38. The Morgan fingerprint density at radius 3 is 2.61 bits per heavy atom. The van der Waals surface area contributed by atoms with Gasteiger partial charge in [-0.3, -0.25) is 4.98 Å². The largest absolute Gasteiger partial charge is 0.306 e. The van der Waals surface area contributed by atoms with Crippen molar-refractivity contribution in [3.05, 3.63) is 79.3 Å². The molecule has 0 aliphatic carbocycles. The van der Waals surface area contributed by atoms with Gasteiger partial charge < -0.3 is 4.57 Å². The van der Waals surface area contributed by atoms with Crippen molar-refractivity contribution in [1.29, 1.82) is 0 Å². The molecule has 6 nitrogen and oxygen atoms in total. The second-order valence-electron chi connectivity index (χ2n) is 5.14. The zero-order valence-electron chi connectivity index (χ0n) is 12.3. The van der Waals surface area contributed by atoms with Crippen LogP contribution in [0.15, 0.2) is 73.6 Å². The van der Waals surface area contributed by atoms with Gasteiger partial charge in [0, 0.05) is 29.8 Å². The van der Waals surface area contributed by atoms with Gasteiger partial charge in [-0.25, -0.2) is 9.67 Å². The molecule has 0 aliphatic rings. The molecule has 0 saturated heterocycles. The summed E-state index contributed by atoms with van der Waals surface area (Å²) < 4.78 is 3.75. The summed E-state index contributed by atoms with van der Waals surface area (Å²) in [6.07, 6.45) is 9.16. The van der Waals surface area contributed by atoms with E-state index in [-0.39, 0.29) is 0 Å². The molecule has 0 unspecified atom stereocenters. The van der Waals surface area contributed by atoms with Crippen LogP contribution < -0.4 is 0 Å². The van der Waals surface area contributed by atoms with Crippen LogP contribution in [0.5, 0.6) is 0 Å². The lowest BCUT2D eigenvalue weighted by Gasteiger charge is -2.02. The van der Waals surface area contributed by atoms with Crippen LogP contribution in [0, 0.1) is 0 Å². The van der Waals surface area contributed by atoms with E-state index in [2.05, 4.69) is 20.3 Å². The molecule has 0 saturated carbocycles. The second kappa shape index (κ2) is 5.84. The number of hydrogen-bond acceptors (Lipinski definition) is 4. The van der Waals surface area contributed by atoms with Crippen molar-refractivity contribution in [3.8, 4) is 16.9 Å². The average molecular weight is 302 g/mol. The Bertz CT molecular complexity index is 879. The minimum atomic E-state index is 0.612. The van der Waals surface area contributed by atoms with E-state index in [1.165, 1.54) is 0 Å². The summed E-state index contributed by atoms with van der Waals surface area (Å²) in [6, 6.07) is 14.0. The normalized spacial score (nSPS) is 10.8. The van der Waals surface area contributed by atoms with Gasteiger partial charge in [0.05, 0.1) is 24.8 Å². The summed E-state index contributed by atoms with van der Waals surface area (Å²) >= 11 is 0. The van der Waals surface area contributed by atoms with Gasteiger partial charge in [-0.2, -0.15) is 0 Å². The molecule has 3 aromatic heterocycles. The topological polar surface area (TPSA) is 61.4 Å². The molecule has 1 aromatic carbocycles. The fourth-order valence-electron chi connectivity index (χ4n) is 2.38. The molecule has 0 bridgehead atoms. The predicted octanol–water partition coefficient (Wildman–Crippen LogP) is 2.57. The fraction of sp³-hybridized carbons (Fsp3) is 0.0588. The molecule has 0 radical (unpaired) electrons. The van der Waals surface area contributed by atoms with E-state index in [0.717, 1.165) is 22.6 Å². The first-order chi connectivity index (χ1) is 11.4. The van der Waals surface area contributed by atoms with Crippen LogP contribution in [0.25, 0.3) is 16.9 Å². The number of pyridine rings is 1. The number of nitrogens with zero attached hydrogens (tertiary/aromatic N) is 6. The van der Waals surface area contributed by atoms with E-state index in [4.69, 9.17) is 0 Å². The summed E-state index contributed by atoms with van der Waals surface area (Å²) in [7, 11) is 0. The highest BCUT2D eigenvalue weighted by molar-refractivity contribution is 5.59. The van der Waals surface area contributed by atoms with Gasteiger partial charge in [-0.05, 0) is 24.3 Å². The maximum absolute atomic E-state index is 4.30. The van der Waals surface area contributed by atoms with E-state index in [1.54, 1.807) is 23.4 Å². The number of rotatable bonds is 4. The molecular formula is C17H14N6. The lowest BCUT2D eigenvalue weighted by Crippen LogP contribution is -2.01. The van der Waals surface area contributed by atoms with Gasteiger partial charge in [0.15, 0.2) is 0 Å². The maximum atomic E-state index is 4.30. The average Bonchev–Trinajstić information content (AvgIpc) is 3.28. The lowest BCUT2D eigenvalue weighted by atomic mass is 10.1. The van der Waals surface area contributed by atoms with Gasteiger partial charge in [0.25, 0.3) is 0 Å². The highest BCUT2D eigenvalue weighted by atomic mass is 15.4. The third-order valence-corrected chi connectivity index (χ3v) is 3.55. The summed E-state index contributed by atoms with van der Waals surface area (Å²) in [5.41, 5.74) is 3.89. The zero-order valence-corrected chi connectivity index (χ0v) is 12.3. The van der Waals surface area contributed by atoms with E-state index < -0.39 is 0 Å². The molecule has 23 heavy (non-hydrogen) atoms. The molecule has 0 spiro atoms. The van der Waals surface area contributed by atoms with E-state index >= 15 is 0 Å². The quantitative estimate of drug-likeness (QED) is 0.581. The molecule has 4 rings (SSSR count). The molecule has 0 amide bonds. The van der Waals surface area contributed by atoms with Crippen LogP contribution in [0.1, 0.15) is 5.69 Å². The SMILES string of the molecule is c1ccc(Cn2cc(-c3ccc(-n4ccnc4)cc3)nn2)nc1. The van der Waals surface area contributed by atoms with Crippen LogP contribution in [0.2, 0.25) is 0 Å². The Balaban J connectivity index is 1.54. The first kappa shape index (κ1) is 13.4.